The first-order valence-corrected chi connectivity index (χ1v) is 10.6. The van der Waals surface area contributed by atoms with Crippen molar-refractivity contribution in [1.29, 1.82) is 0 Å². The van der Waals surface area contributed by atoms with Crippen LogP contribution in [0.2, 0.25) is 5.02 Å². The maximum Gasteiger partial charge on any atom is 0.345 e. The maximum absolute atomic E-state index is 13.0. The summed E-state index contributed by atoms with van der Waals surface area (Å²) in [5.74, 6) is -3.68. The highest BCUT2D eigenvalue weighted by atomic mass is 35.5. The van der Waals surface area contributed by atoms with Gasteiger partial charge in [-0.2, -0.15) is 13.1 Å². The van der Waals surface area contributed by atoms with Crippen LogP contribution in [0.15, 0.2) is 26.7 Å². The minimum Gasteiger partial charge on any atom is -0.374 e. The van der Waals surface area contributed by atoms with Crippen LogP contribution in [0.1, 0.15) is 18.9 Å². The van der Waals surface area contributed by atoms with Gasteiger partial charge < -0.3 is 4.90 Å². The van der Waals surface area contributed by atoms with Crippen LogP contribution < -0.4 is 4.90 Å². The molecule has 0 aliphatic heterocycles. The molecule has 8 nitrogen and oxygen atoms in total. The van der Waals surface area contributed by atoms with Gasteiger partial charge in [-0.1, -0.05) is 34.2 Å². The highest BCUT2D eigenvalue weighted by molar-refractivity contribution is 7.89. The van der Waals surface area contributed by atoms with Gasteiger partial charge >= 0.3 is 5.76 Å². The third kappa shape index (κ3) is 5.16. The molecule has 1 aromatic carbocycles. The van der Waals surface area contributed by atoms with E-state index in [0.717, 1.165) is 5.01 Å². The third-order valence-corrected chi connectivity index (χ3v) is 5.81. The molecule has 0 spiro atoms. The summed E-state index contributed by atoms with van der Waals surface area (Å²) >= 11 is 7.40. The van der Waals surface area contributed by atoms with E-state index >= 15 is 0 Å². The first kappa shape index (κ1) is 22.5. The Bertz CT molecular complexity index is 978. The van der Waals surface area contributed by atoms with E-state index in [0.29, 0.717) is 18.7 Å². The minimum atomic E-state index is -4.93. The van der Waals surface area contributed by atoms with Crippen LogP contribution in [0.4, 0.5) is 35.5 Å². The summed E-state index contributed by atoms with van der Waals surface area (Å²) in [4.78, 5) is 1.68. The highest BCUT2D eigenvalue weighted by Crippen LogP contribution is 2.40. The van der Waals surface area contributed by atoms with Crippen molar-refractivity contribution in [3.8, 4) is 0 Å². The molecule has 154 valence electrons. The van der Waals surface area contributed by atoms with Gasteiger partial charge in [0.15, 0.2) is 0 Å². The van der Waals surface area contributed by atoms with Crippen LogP contribution in [0, 0.1) is 0 Å². The first-order valence-electron chi connectivity index (χ1n) is 7.87. The van der Waals surface area contributed by atoms with Crippen LogP contribution in [0.3, 0.4) is 0 Å². The Kier molecular flexibility index (Phi) is 7.69. The minimum absolute atomic E-state index is 0.114. The summed E-state index contributed by atoms with van der Waals surface area (Å²) in [5.41, 5.74) is -0.0514. The lowest BCUT2D eigenvalue weighted by Crippen LogP contribution is -2.16. The number of benzene rings is 1. The van der Waals surface area contributed by atoms with Gasteiger partial charge in [-0.05, 0) is 30.0 Å². The normalized spacial score (nSPS) is 13.9. The van der Waals surface area contributed by atoms with Gasteiger partial charge in [-0.25, -0.2) is 4.21 Å². The van der Waals surface area contributed by atoms with Crippen molar-refractivity contribution in [2.24, 2.45) is 14.6 Å². The van der Waals surface area contributed by atoms with Crippen molar-refractivity contribution in [3.63, 3.8) is 0 Å². The largest absolute Gasteiger partial charge is 0.374 e. The van der Waals surface area contributed by atoms with E-state index in [-0.39, 0.29) is 21.5 Å². The fraction of sp³-hybridized carbons (Fsp3) is 0.429. The number of azo groups is 1. The SMILES string of the molecule is CCc1nnc(N=Nc2cc(Cl)c(N(C)CC)cc2N=S(=O)(OF)C(F)F)s1. The molecule has 0 saturated carbocycles. The Balaban J connectivity index is 2.61. The lowest BCUT2D eigenvalue weighted by Gasteiger charge is -2.19. The van der Waals surface area contributed by atoms with Crippen LogP contribution in [0.25, 0.3) is 0 Å². The number of alkyl halides is 2. The summed E-state index contributed by atoms with van der Waals surface area (Å²) < 4.78 is 56.6. The van der Waals surface area contributed by atoms with Crippen molar-refractivity contribution < 1.29 is 21.9 Å². The molecule has 0 saturated heterocycles. The van der Waals surface area contributed by atoms with Crippen LogP contribution in [-0.4, -0.2) is 33.8 Å². The first-order chi connectivity index (χ1) is 13.2. The zero-order valence-corrected chi connectivity index (χ0v) is 17.4. The summed E-state index contributed by atoms with van der Waals surface area (Å²) in [5, 5.41) is 16.6. The molecule has 1 heterocycles. The van der Waals surface area contributed by atoms with Gasteiger partial charge in [-0.3, -0.25) is 0 Å². The lowest BCUT2D eigenvalue weighted by molar-refractivity contribution is -0.000950. The van der Waals surface area contributed by atoms with Gasteiger partial charge in [-0.15, -0.1) is 20.4 Å². The molecule has 0 N–H and O–H groups in total. The second-order valence-corrected chi connectivity index (χ2v) is 8.41. The van der Waals surface area contributed by atoms with Crippen molar-refractivity contribution in [2.45, 2.75) is 26.0 Å². The van der Waals surface area contributed by atoms with E-state index in [1.54, 1.807) is 11.9 Å². The molecule has 0 aliphatic carbocycles. The zero-order chi connectivity index (χ0) is 20.9. The van der Waals surface area contributed by atoms with E-state index in [1.165, 1.54) is 23.5 Å². The third-order valence-electron chi connectivity index (χ3n) is 3.47. The Morgan fingerprint density at radius 1 is 1.29 bits per heavy atom. The van der Waals surface area contributed by atoms with Gasteiger partial charge in [0.1, 0.15) is 16.4 Å². The maximum atomic E-state index is 13.0. The van der Waals surface area contributed by atoms with Crippen molar-refractivity contribution in [3.05, 3.63) is 22.2 Å². The van der Waals surface area contributed by atoms with Gasteiger partial charge in [0, 0.05) is 13.6 Å². The Morgan fingerprint density at radius 3 is 2.54 bits per heavy atom. The molecule has 14 heteroatoms. The molecule has 0 radical (unpaired) electrons. The van der Waals surface area contributed by atoms with E-state index < -0.39 is 15.8 Å². The number of nitrogens with zero attached hydrogens (tertiary/aromatic N) is 6. The van der Waals surface area contributed by atoms with E-state index in [9.17, 15) is 17.5 Å². The van der Waals surface area contributed by atoms with Gasteiger partial charge in [0.2, 0.25) is 0 Å². The fourth-order valence-electron chi connectivity index (χ4n) is 1.90. The second-order valence-electron chi connectivity index (χ2n) is 5.27. The smallest absolute Gasteiger partial charge is 0.345 e. The van der Waals surface area contributed by atoms with Crippen molar-refractivity contribution in [1.82, 2.24) is 10.2 Å². The molecule has 1 atom stereocenters. The van der Waals surface area contributed by atoms with Crippen LogP contribution in [-0.2, 0) is 20.8 Å². The molecule has 28 heavy (non-hydrogen) atoms. The quantitative estimate of drug-likeness (QED) is 0.470. The Labute approximate surface area is 168 Å². The molecule has 0 aliphatic rings. The molecule has 0 bridgehead atoms. The summed E-state index contributed by atoms with van der Waals surface area (Å²) in [6.45, 7) is 4.24. The summed E-state index contributed by atoms with van der Waals surface area (Å²) in [6, 6.07) is 2.54. The van der Waals surface area contributed by atoms with Gasteiger partial charge in [0.05, 0.1) is 10.7 Å². The Morgan fingerprint density at radius 2 is 2.00 bits per heavy atom. The van der Waals surface area contributed by atoms with Gasteiger partial charge in [0.25, 0.3) is 15.1 Å². The molecule has 2 aromatic rings. The van der Waals surface area contributed by atoms with Crippen LogP contribution in [0.5, 0.6) is 0 Å². The standard InChI is InChI=1S/C14H16ClF3N6O2S2/c1-4-12-20-22-14(27-12)21-19-9-6-8(15)11(24(3)5-2)7-10(9)23-28(25,26-18)13(16)17/h6-7,13H,4-5H2,1-3H3. The monoisotopic (exact) mass is 456 g/mol. The van der Waals surface area contributed by atoms with E-state index in [1.807, 2.05) is 13.8 Å². The van der Waals surface area contributed by atoms with Crippen molar-refractivity contribution >= 4 is 55.1 Å². The number of anilines is 1. The molecule has 0 amide bonds. The average molecular weight is 457 g/mol. The predicted molar refractivity (Wildman–Crippen MR) is 102 cm³/mol. The number of halogens is 4. The average Bonchev–Trinajstić information content (AvgIpc) is 3.15. The number of aromatic nitrogens is 2. The van der Waals surface area contributed by atoms with E-state index in [2.05, 4.69) is 29.2 Å². The van der Waals surface area contributed by atoms with E-state index in [4.69, 9.17) is 11.6 Å². The highest BCUT2D eigenvalue weighted by Gasteiger charge is 2.26. The second kappa shape index (κ2) is 9.58. The van der Waals surface area contributed by atoms with Crippen LogP contribution >= 0.6 is 22.9 Å². The number of rotatable bonds is 8. The molecule has 0 fully saturated rings. The Hall–Kier alpha value is -1.83. The molecular weight excluding hydrogens is 441 g/mol. The molecule has 1 unspecified atom stereocenters. The molecule has 1 aromatic heterocycles. The fourth-order valence-corrected chi connectivity index (χ4v) is 3.39. The number of aryl methyl sites for hydroxylation is 1. The predicted octanol–water partition coefficient (Wildman–Crippen LogP) is 5.76. The van der Waals surface area contributed by atoms with Crippen molar-refractivity contribution in [2.75, 3.05) is 18.5 Å². The topological polar surface area (TPSA) is 92.4 Å². The summed E-state index contributed by atoms with van der Waals surface area (Å²) in [7, 11) is -3.24. The number of hydrogen-bond donors (Lipinski definition) is 0. The molecular formula is C14H16ClF3N6O2S2. The number of hydrogen-bond acceptors (Lipinski definition) is 9. The molecule has 2 rings (SSSR count). The lowest BCUT2D eigenvalue weighted by atomic mass is 10.2. The summed E-state index contributed by atoms with van der Waals surface area (Å²) in [6.07, 6.45) is 0.655. The zero-order valence-electron chi connectivity index (χ0n) is 15.0.